The lowest BCUT2D eigenvalue weighted by molar-refractivity contribution is 0.146. The van der Waals surface area contributed by atoms with E-state index in [2.05, 4.69) is 32.0 Å². The summed E-state index contributed by atoms with van der Waals surface area (Å²) in [5, 5.41) is 0. The van der Waals surface area contributed by atoms with Gasteiger partial charge in [0.2, 0.25) is 0 Å². The Bertz CT molecular complexity index is 226. The highest BCUT2D eigenvalue weighted by Gasteiger charge is 2.19. The van der Waals surface area contributed by atoms with Crippen molar-refractivity contribution in [3.63, 3.8) is 0 Å². The lowest BCUT2D eigenvalue weighted by Crippen LogP contribution is -2.23. The van der Waals surface area contributed by atoms with Gasteiger partial charge in [0.05, 0.1) is 6.61 Å². The number of rotatable bonds is 3. The van der Waals surface area contributed by atoms with Crippen molar-refractivity contribution in [1.29, 1.82) is 0 Å². The Labute approximate surface area is 74.4 Å². The molecule has 0 fully saturated rings. The summed E-state index contributed by atoms with van der Waals surface area (Å²) in [4.78, 5) is 0. The highest BCUT2D eigenvalue weighted by Crippen LogP contribution is 2.22. The smallest absolute Gasteiger partial charge is 0.0553 e. The summed E-state index contributed by atoms with van der Waals surface area (Å²) in [6.45, 7) is 5.09. The molecule has 0 N–H and O–H groups in total. The molecule has 0 saturated carbocycles. The SMILES string of the molecule is COCC(C)(C)c1cc[c]cc1. The Morgan fingerprint density at radius 2 is 1.92 bits per heavy atom. The molecule has 0 heterocycles. The molecule has 1 aromatic rings. The predicted octanol–water partition coefficient (Wildman–Crippen LogP) is 2.41. The van der Waals surface area contributed by atoms with Crippen LogP contribution in [-0.2, 0) is 10.2 Å². The second-order valence-electron chi connectivity index (χ2n) is 3.61. The van der Waals surface area contributed by atoms with Crippen LogP contribution in [0.25, 0.3) is 0 Å². The van der Waals surface area contributed by atoms with Crippen LogP contribution in [0.4, 0.5) is 0 Å². The van der Waals surface area contributed by atoms with Gasteiger partial charge in [0.25, 0.3) is 0 Å². The van der Waals surface area contributed by atoms with Gasteiger partial charge in [-0.2, -0.15) is 0 Å². The van der Waals surface area contributed by atoms with Gasteiger partial charge >= 0.3 is 0 Å². The Hall–Kier alpha value is -0.820. The van der Waals surface area contributed by atoms with Crippen LogP contribution in [0.1, 0.15) is 19.4 Å². The summed E-state index contributed by atoms with van der Waals surface area (Å²) < 4.78 is 5.15. The van der Waals surface area contributed by atoms with Gasteiger partial charge in [0.1, 0.15) is 0 Å². The van der Waals surface area contributed by atoms with Crippen LogP contribution in [0.5, 0.6) is 0 Å². The molecule has 1 nitrogen and oxygen atoms in total. The van der Waals surface area contributed by atoms with Crippen molar-refractivity contribution in [2.75, 3.05) is 13.7 Å². The molecule has 1 rings (SSSR count). The third-order valence-electron chi connectivity index (χ3n) is 2.00. The first kappa shape index (κ1) is 9.27. The first-order chi connectivity index (χ1) is 5.67. The molecule has 1 aromatic carbocycles. The number of benzene rings is 1. The quantitative estimate of drug-likeness (QED) is 0.665. The van der Waals surface area contributed by atoms with E-state index in [0.717, 1.165) is 6.61 Å². The van der Waals surface area contributed by atoms with Crippen molar-refractivity contribution in [1.82, 2.24) is 0 Å². The van der Waals surface area contributed by atoms with E-state index in [4.69, 9.17) is 4.74 Å². The Balaban J connectivity index is 2.82. The maximum atomic E-state index is 5.15. The molecule has 1 radical (unpaired) electrons. The molecular weight excluding hydrogens is 148 g/mol. The Kier molecular flexibility index (Phi) is 2.88. The molecule has 12 heavy (non-hydrogen) atoms. The van der Waals surface area contributed by atoms with Crippen molar-refractivity contribution < 1.29 is 4.74 Å². The molecule has 0 spiro atoms. The number of hydrogen-bond acceptors (Lipinski definition) is 1. The van der Waals surface area contributed by atoms with Crippen molar-refractivity contribution in [2.45, 2.75) is 19.3 Å². The van der Waals surface area contributed by atoms with E-state index in [-0.39, 0.29) is 5.41 Å². The molecule has 1 heteroatoms. The normalized spacial score (nSPS) is 11.6. The second-order valence-corrected chi connectivity index (χ2v) is 3.61. The fraction of sp³-hybridized carbons (Fsp3) is 0.455. The average Bonchev–Trinajstić information content (AvgIpc) is 2.06. The van der Waals surface area contributed by atoms with Crippen LogP contribution in [0, 0.1) is 6.07 Å². The van der Waals surface area contributed by atoms with Crippen molar-refractivity contribution in [2.24, 2.45) is 0 Å². The minimum absolute atomic E-state index is 0.101. The molecule has 65 valence electrons. The monoisotopic (exact) mass is 163 g/mol. The molecule has 0 aliphatic carbocycles. The van der Waals surface area contributed by atoms with Gasteiger partial charge in [0, 0.05) is 12.5 Å². The van der Waals surface area contributed by atoms with Gasteiger partial charge in [-0.3, -0.25) is 0 Å². The van der Waals surface area contributed by atoms with E-state index in [9.17, 15) is 0 Å². The van der Waals surface area contributed by atoms with Crippen LogP contribution < -0.4 is 0 Å². The highest BCUT2D eigenvalue weighted by molar-refractivity contribution is 5.22. The number of ether oxygens (including phenoxy) is 1. The summed E-state index contributed by atoms with van der Waals surface area (Å²) in [6, 6.07) is 11.0. The third-order valence-corrected chi connectivity index (χ3v) is 2.00. The fourth-order valence-electron chi connectivity index (χ4n) is 1.28. The Morgan fingerprint density at radius 1 is 1.33 bits per heavy atom. The van der Waals surface area contributed by atoms with Gasteiger partial charge in [-0.05, 0) is 11.6 Å². The van der Waals surface area contributed by atoms with E-state index in [1.807, 2.05) is 12.1 Å². The van der Waals surface area contributed by atoms with Crippen LogP contribution >= 0.6 is 0 Å². The van der Waals surface area contributed by atoms with Gasteiger partial charge in [0.15, 0.2) is 0 Å². The van der Waals surface area contributed by atoms with Gasteiger partial charge in [-0.15, -0.1) is 0 Å². The van der Waals surface area contributed by atoms with Crippen molar-refractivity contribution in [3.05, 3.63) is 35.9 Å². The predicted molar refractivity (Wildman–Crippen MR) is 50.2 cm³/mol. The fourth-order valence-corrected chi connectivity index (χ4v) is 1.28. The minimum atomic E-state index is 0.101. The summed E-state index contributed by atoms with van der Waals surface area (Å²) in [7, 11) is 1.73. The van der Waals surface area contributed by atoms with Gasteiger partial charge < -0.3 is 4.74 Å². The maximum Gasteiger partial charge on any atom is 0.0553 e. The standard InChI is InChI=1S/C11H15O/c1-11(2,9-12-3)10-7-5-4-6-8-10/h5-8H,9H2,1-3H3. The molecule has 0 aliphatic heterocycles. The molecule has 0 aromatic heterocycles. The zero-order chi connectivity index (χ0) is 9.03. The van der Waals surface area contributed by atoms with Crippen molar-refractivity contribution >= 4 is 0 Å². The molecule has 0 saturated heterocycles. The number of methoxy groups -OCH3 is 1. The molecular formula is C11H15O. The Morgan fingerprint density at radius 3 is 2.42 bits per heavy atom. The lowest BCUT2D eigenvalue weighted by atomic mass is 9.86. The van der Waals surface area contributed by atoms with Gasteiger partial charge in [-0.1, -0.05) is 38.1 Å². The average molecular weight is 163 g/mol. The highest BCUT2D eigenvalue weighted by atomic mass is 16.5. The summed E-state index contributed by atoms with van der Waals surface area (Å²) >= 11 is 0. The van der Waals surface area contributed by atoms with Crippen molar-refractivity contribution in [3.8, 4) is 0 Å². The second kappa shape index (κ2) is 3.72. The minimum Gasteiger partial charge on any atom is -0.384 e. The van der Waals surface area contributed by atoms with E-state index in [0.29, 0.717) is 0 Å². The number of hydrogen-bond donors (Lipinski definition) is 0. The zero-order valence-electron chi connectivity index (χ0n) is 7.92. The van der Waals surface area contributed by atoms with Gasteiger partial charge in [-0.25, -0.2) is 0 Å². The largest absolute Gasteiger partial charge is 0.384 e. The topological polar surface area (TPSA) is 9.23 Å². The van der Waals surface area contributed by atoms with Crippen LogP contribution in [0.3, 0.4) is 0 Å². The zero-order valence-corrected chi connectivity index (χ0v) is 7.92. The van der Waals surface area contributed by atoms with E-state index in [1.54, 1.807) is 7.11 Å². The first-order valence-corrected chi connectivity index (χ1v) is 4.12. The lowest BCUT2D eigenvalue weighted by Gasteiger charge is -2.23. The van der Waals surface area contributed by atoms with E-state index >= 15 is 0 Å². The van der Waals surface area contributed by atoms with Crippen LogP contribution in [0.2, 0.25) is 0 Å². The molecule has 0 aliphatic rings. The first-order valence-electron chi connectivity index (χ1n) is 4.12. The maximum absolute atomic E-state index is 5.15. The molecule has 0 amide bonds. The summed E-state index contributed by atoms with van der Waals surface area (Å²) in [6.07, 6.45) is 0. The van der Waals surface area contributed by atoms with E-state index < -0.39 is 0 Å². The summed E-state index contributed by atoms with van der Waals surface area (Å²) in [5.41, 5.74) is 1.40. The van der Waals surface area contributed by atoms with E-state index in [1.165, 1.54) is 5.56 Å². The molecule has 0 bridgehead atoms. The molecule has 0 atom stereocenters. The third kappa shape index (κ3) is 2.08. The summed E-state index contributed by atoms with van der Waals surface area (Å²) in [5.74, 6) is 0. The van der Waals surface area contributed by atoms with Crippen LogP contribution in [-0.4, -0.2) is 13.7 Å². The van der Waals surface area contributed by atoms with Crippen LogP contribution in [0.15, 0.2) is 24.3 Å². The molecule has 0 unspecified atom stereocenters.